The van der Waals surface area contributed by atoms with Crippen molar-refractivity contribution in [2.75, 3.05) is 13.2 Å². The van der Waals surface area contributed by atoms with E-state index in [4.69, 9.17) is 9.15 Å². The lowest BCUT2D eigenvalue weighted by atomic mass is 9.93. The minimum Gasteiger partial charge on any atom is -0.468 e. The number of hydrogen-bond donors (Lipinski definition) is 1. The molecule has 1 N–H and O–H groups in total. The minimum absolute atomic E-state index is 0.144. The van der Waals surface area contributed by atoms with Gasteiger partial charge < -0.3 is 14.5 Å². The molecule has 1 aliphatic rings. The lowest BCUT2D eigenvalue weighted by Crippen LogP contribution is -2.27. The third kappa shape index (κ3) is 2.83. The van der Waals surface area contributed by atoms with E-state index in [1.165, 1.54) is 11.3 Å². The third-order valence-electron chi connectivity index (χ3n) is 4.72. The van der Waals surface area contributed by atoms with Gasteiger partial charge >= 0.3 is 0 Å². The second kappa shape index (κ2) is 6.26. The Kier molecular flexibility index (Phi) is 4.36. The van der Waals surface area contributed by atoms with Gasteiger partial charge in [-0.1, -0.05) is 0 Å². The number of rotatable bonds is 5. The zero-order chi connectivity index (χ0) is 15.7. The number of ether oxygens (including phenoxy) is 1. The van der Waals surface area contributed by atoms with E-state index in [2.05, 4.69) is 31.2 Å². The summed E-state index contributed by atoms with van der Waals surface area (Å²) in [6.07, 6.45) is 2.94. The van der Waals surface area contributed by atoms with Crippen LogP contribution < -0.4 is 5.32 Å². The molecule has 3 rings (SSSR count). The average Bonchev–Trinajstić information content (AvgIpc) is 3.20. The quantitative estimate of drug-likeness (QED) is 0.922. The normalized spacial score (nSPS) is 23.1. The molecular formula is C17H25N3O2. The molecule has 0 amide bonds. The van der Waals surface area contributed by atoms with Gasteiger partial charge in [-0.15, -0.1) is 0 Å². The maximum Gasteiger partial charge on any atom is 0.120 e. The summed E-state index contributed by atoms with van der Waals surface area (Å²) < 4.78 is 13.4. The molecule has 1 saturated heterocycles. The van der Waals surface area contributed by atoms with E-state index < -0.39 is 0 Å². The molecule has 0 aromatic carbocycles. The van der Waals surface area contributed by atoms with Gasteiger partial charge in [0, 0.05) is 37.4 Å². The molecule has 1 aliphatic heterocycles. The van der Waals surface area contributed by atoms with E-state index in [9.17, 15) is 0 Å². The molecule has 2 aromatic rings. The molecule has 5 heteroatoms. The van der Waals surface area contributed by atoms with E-state index in [-0.39, 0.29) is 12.1 Å². The van der Waals surface area contributed by atoms with Crippen LogP contribution in [0.15, 0.2) is 22.8 Å². The van der Waals surface area contributed by atoms with Crippen LogP contribution in [0, 0.1) is 19.8 Å². The summed E-state index contributed by atoms with van der Waals surface area (Å²) in [5.41, 5.74) is 3.54. The van der Waals surface area contributed by atoms with Crippen molar-refractivity contribution in [2.24, 2.45) is 13.0 Å². The maximum absolute atomic E-state index is 6.03. The number of nitrogens with zero attached hydrogens (tertiary/aromatic N) is 2. The summed E-state index contributed by atoms with van der Waals surface area (Å²) in [6, 6.07) is 4.15. The highest BCUT2D eigenvalue weighted by Gasteiger charge is 2.33. The Morgan fingerprint density at radius 3 is 2.91 bits per heavy atom. The van der Waals surface area contributed by atoms with Crippen molar-refractivity contribution in [3.05, 3.63) is 41.1 Å². The molecule has 1 unspecified atom stereocenters. The maximum atomic E-state index is 6.03. The Bertz CT molecular complexity index is 618. The molecule has 0 aliphatic carbocycles. The van der Waals surface area contributed by atoms with Crippen molar-refractivity contribution in [3.8, 4) is 0 Å². The number of aryl methyl sites for hydroxylation is 2. The van der Waals surface area contributed by atoms with Gasteiger partial charge in [0.2, 0.25) is 0 Å². The van der Waals surface area contributed by atoms with Crippen molar-refractivity contribution >= 4 is 0 Å². The van der Waals surface area contributed by atoms with E-state index in [1.807, 2.05) is 23.9 Å². The Morgan fingerprint density at radius 2 is 2.27 bits per heavy atom. The SMILES string of the molecule is Cc1nn(C)c(C)c1[C@H]1OCC[C@@H]1CNC(C)c1ccco1. The molecule has 3 atom stereocenters. The van der Waals surface area contributed by atoms with E-state index in [0.29, 0.717) is 5.92 Å². The van der Waals surface area contributed by atoms with Gasteiger partial charge in [0.25, 0.3) is 0 Å². The average molecular weight is 303 g/mol. The molecule has 120 valence electrons. The number of furan rings is 1. The second-order valence-electron chi connectivity index (χ2n) is 6.19. The zero-order valence-electron chi connectivity index (χ0n) is 13.8. The van der Waals surface area contributed by atoms with Crippen LogP contribution in [0.3, 0.4) is 0 Å². The van der Waals surface area contributed by atoms with Gasteiger partial charge in [-0.2, -0.15) is 5.10 Å². The van der Waals surface area contributed by atoms with E-state index >= 15 is 0 Å². The van der Waals surface area contributed by atoms with Crippen LogP contribution in [0.4, 0.5) is 0 Å². The predicted octanol–water partition coefficient (Wildman–Crippen LogP) is 3.06. The largest absolute Gasteiger partial charge is 0.468 e. The van der Waals surface area contributed by atoms with Crippen LogP contribution >= 0.6 is 0 Å². The first-order chi connectivity index (χ1) is 10.6. The van der Waals surface area contributed by atoms with Crippen LogP contribution in [0.5, 0.6) is 0 Å². The highest BCUT2D eigenvalue weighted by molar-refractivity contribution is 5.28. The van der Waals surface area contributed by atoms with Gasteiger partial charge in [0.1, 0.15) is 5.76 Å². The fourth-order valence-electron chi connectivity index (χ4n) is 3.33. The molecule has 0 saturated carbocycles. The topological polar surface area (TPSA) is 52.2 Å². The molecular weight excluding hydrogens is 278 g/mol. The Morgan fingerprint density at radius 1 is 1.45 bits per heavy atom. The van der Waals surface area contributed by atoms with Crippen LogP contribution in [0.1, 0.15) is 48.2 Å². The van der Waals surface area contributed by atoms with Crippen molar-refractivity contribution in [2.45, 2.75) is 39.3 Å². The lowest BCUT2D eigenvalue weighted by molar-refractivity contribution is 0.0886. The number of hydrogen-bond acceptors (Lipinski definition) is 4. The smallest absolute Gasteiger partial charge is 0.120 e. The molecule has 3 heterocycles. The predicted molar refractivity (Wildman–Crippen MR) is 84.6 cm³/mol. The van der Waals surface area contributed by atoms with Crippen LogP contribution in [0.2, 0.25) is 0 Å². The van der Waals surface area contributed by atoms with E-state index in [1.54, 1.807) is 6.26 Å². The molecule has 5 nitrogen and oxygen atoms in total. The molecule has 2 aromatic heterocycles. The van der Waals surface area contributed by atoms with Crippen molar-refractivity contribution < 1.29 is 9.15 Å². The Hall–Kier alpha value is -1.59. The monoisotopic (exact) mass is 303 g/mol. The Labute approximate surface area is 131 Å². The summed E-state index contributed by atoms with van der Waals surface area (Å²) in [7, 11) is 1.99. The highest BCUT2D eigenvalue weighted by atomic mass is 16.5. The third-order valence-corrected chi connectivity index (χ3v) is 4.72. The fraction of sp³-hybridized carbons (Fsp3) is 0.588. The van der Waals surface area contributed by atoms with Gasteiger partial charge in [-0.25, -0.2) is 0 Å². The molecule has 0 bridgehead atoms. The number of nitrogens with one attached hydrogen (secondary N) is 1. The summed E-state index contributed by atoms with van der Waals surface area (Å²) in [5.74, 6) is 1.45. The highest BCUT2D eigenvalue weighted by Crippen LogP contribution is 2.37. The first kappa shape index (κ1) is 15.3. The van der Waals surface area contributed by atoms with Crippen LogP contribution in [-0.2, 0) is 11.8 Å². The van der Waals surface area contributed by atoms with Crippen LogP contribution in [-0.4, -0.2) is 22.9 Å². The standard InChI is InChI=1S/C17H25N3O2/c1-11(15-6-5-8-21-15)18-10-14-7-9-22-17(14)16-12(2)19-20(4)13(16)3/h5-6,8,11,14,17-18H,7,9-10H2,1-4H3/t11?,14-,17+/m1/s1. The molecule has 1 fully saturated rings. The van der Waals surface area contributed by atoms with Crippen molar-refractivity contribution in [1.82, 2.24) is 15.1 Å². The fourth-order valence-corrected chi connectivity index (χ4v) is 3.33. The molecule has 22 heavy (non-hydrogen) atoms. The molecule has 0 radical (unpaired) electrons. The minimum atomic E-state index is 0.144. The zero-order valence-corrected chi connectivity index (χ0v) is 13.8. The molecule has 0 spiro atoms. The summed E-state index contributed by atoms with van der Waals surface area (Å²) >= 11 is 0. The van der Waals surface area contributed by atoms with E-state index in [0.717, 1.165) is 31.0 Å². The first-order valence-corrected chi connectivity index (χ1v) is 7.96. The summed E-state index contributed by atoms with van der Waals surface area (Å²) in [4.78, 5) is 0. The summed E-state index contributed by atoms with van der Waals surface area (Å²) in [5, 5.41) is 8.10. The lowest BCUT2D eigenvalue weighted by Gasteiger charge is -2.21. The van der Waals surface area contributed by atoms with Gasteiger partial charge in [-0.3, -0.25) is 4.68 Å². The number of aromatic nitrogens is 2. The summed E-state index contributed by atoms with van der Waals surface area (Å²) in [6.45, 7) is 8.05. The van der Waals surface area contributed by atoms with Crippen molar-refractivity contribution in [1.29, 1.82) is 0 Å². The second-order valence-corrected chi connectivity index (χ2v) is 6.19. The van der Waals surface area contributed by atoms with Crippen LogP contribution in [0.25, 0.3) is 0 Å². The van der Waals surface area contributed by atoms with Gasteiger partial charge in [0.15, 0.2) is 0 Å². The first-order valence-electron chi connectivity index (χ1n) is 7.96. The Balaban J connectivity index is 1.68. The van der Waals surface area contributed by atoms with Crippen molar-refractivity contribution in [3.63, 3.8) is 0 Å². The van der Waals surface area contributed by atoms with Gasteiger partial charge in [0.05, 0.1) is 24.1 Å². The van der Waals surface area contributed by atoms with Gasteiger partial charge in [-0.05, 0) is 39.3 Å².